The number of nitro benzene ring substituents is 1. The molecule has 0 saturated heterocycles. The third-order valence-corrected chi connectivity index (χ3v) is 5.75. The quantitative estimate of drug-likeness (QED) is 0.348. The molecule has 0 heterocycles. The van der Waals surface area contributed by atoms with Gasteiger partial charge < -0.3 is 5.43 Å². The molecule has 0 unspecified atom stereocenters. The van der Waals surface area contributed by atoms with Crippen LogP contribution in [0.5, 0.6) is 0 Å². The van der Waals surface area contributed by atoms with Gasteiger partial charge in [0.1, 0.15) is 10.7 Å². The Hall–Kier alpha value is -3.21. The van der Waals surface area contributed by atoms with Gasteiger partial charge in [-0.15, -0.1) is 0 Å². The minimum Gasteiger partial charge on any atom is -0.320 e. The summed E-state index contributed by atoms with van der Waals surface area (Å²) in [5.74, 6) is -0.374. The van der Waals surface area contributed by atoms with Gasteiger partial charge in [-0.1, -0.05) is 35.9 Å². The molecule has 3 aromatic rings. The molecule has 3 rings (SSSR count). The highest BCUT2D eigenvalue weighted by molar-refractivity contribution is 7.93. The Morgan fingerprint density at radius 3 is 2.37 bits per heavy atom. The van der Waals surface area contributed by atoms with Crippen molar-refractivity contribution in [2.24, 2.45) is 0 Å². The first-order valence-electron chi connectivity index (χ1n) is 8.55. The van der Waals surface area contributed by atoms with E-state index in [-0.39, 0.29) is 33.7 Å². The standard InChI is InChI=1S/C19H16ClFN4O4S/c20-16-3-1-2-4-17(16)24-30(28,29)19-11-15(25(26)27)9-10-18(19)23-22-12-13-5-7-14(21)8-6-13/h1-11,22-24H,12H2. The fourth-order valence-corrected chi connectivity index (χ4v) is 4.04. The minimum atomic E-state index is -4.21. The zero-order valence-electron chi connectivity index (χ0n) is 15.3. The average molecular weight is 451 g/mol. The predicted molar refractivity (Wildman–Crippen MR) is 112 cm³/mol. The smallest absolute Gasteiger partial charge is 0.270 e. The van der Waals surface area contributed by atoms with Crippen LogP contribution in [0, 0.1) is 15.9 Å². The van der Waals surface area contributed by atoms with Gasteiger partial charge in [0.05, 0.1) is 21.3 Å². The molecule has 156 valence electrons. The Bertz CT molecular complexity index is 1170. The summed E-state index contributed by atoms with van der Waals surface area (Å²) >= 11 is 6.01. The van der Waals surface area contributed by atoms with E-state index in [0.29, 0.717) is 0 Å². The van der Waals surface area contributed by atoms with Crippen LogP contribution in [0.25, 0.3) is 0 Å². The molecule has 0 saturated carbocycles. The molecule has 0 aromatic heterocycles. The number of non-ortho nitro benzene ring substituents is 1. The first kappa shape index (κ1) is 21.5. The number of hydrogen-bond acceptors (Lipinski definition) is 6. The van der Waals surface area contributed by atoms with Crippen molar-refractivity contribution in [2.75, 3.05) is 10.1 Å². The van der Waals surface area contributed by atoms with Crippen LogP contribution in [0.2, 0.25) is 5.02 Å². The Morgan fingerprint density at radius 1 is 1.00 bits per heavy atom. The molecule has 0 spiro atoms. The lowest BCUT2D eigenvalue weighted by molar-refractivity contribution is -0.385. The molecule has 0 amide bonds. The summed E-state index contributed by atoms with van der Waals surface area (Å²) in [4.78, 5) is 10.1. The highest BCUT2D eigenvalue weighted by atomic mass is 35.5. The summed E-state index contributed by atoms with van der Waals surface area (Å²) in [5.41, 5.74) is 6.11. The van der Waals surface area contributed by atoms with Crippen LogP contribution in [0.1, 0.15) is 5.56 Å². The van der Waals surface area contributed by atoms with Crippen LogP contribution in [0.3, 0.4) is 0 Å². The average Bonchev–Trinajstić information content (AvgIpc) is 2.71. The number of hydrogen-bond donors (Lipinski definition) is 3. The van der Waals surface area contributed by atoms with Crippen LogP contribution in [-0.2, 0) is 16.6 Å². The van der Waals surface area contributed by atoms with Crippen molar-refractivity contribution in [1.82, 2.24) is 5.43 Å². The SMILES string of the molecule is O=[N+]([O-])c1ccc(NNCc2ccc(F)cc2)c(S(=O)(=O)Nc2ccccc2Cl)c1. The molecule has 0 aliphatic carbocycles. The van der Waals surface area contributed by atoms with Gasteiger partial charge in [-0.25, -0.2) is 18.2 Å². The summed E-state index contributed by atoms with van der Waals surface area (Å²) in [6.07, 6.45) is 0. The molecule has 11 heteroatoms. The Labute approximate surface area is 176 Å². The van der Waals surface area contributed by atoms with Crippen molar-refractivity contribution in [3.63, 3.8) is 0 Å². The van der Waals surface area contributed by atoms with Crippen LogP contribution < -0.4 is 15.6 Å². The Balaban J connectivity index is 1.87. The molecule has 3 N–H and O–H groups in total. The van der Waals surface area contributed by atoms with Gasteiger partial charge in [0.15, 0.2) is 0 Å². The summed E-state index contributed by atoms with van der Waals surface area (Å²) < 4.78 is 41.2. The maximum absolute atomic E-state index is 13.0. The summed E-state index contributed by atoms with van der Waals surface area (Å²) in [7, 11) is -4.21. The van der Waals surface area contributed by atoms with E-state index in [2.05, 4.69) is 15.6 Å². The molecular formula is C19H16ClFN4O4S. The van der Waals surface area contributed by atoms with Gasteiger partial charge in [-0.05, 0) is 35.9 Å². The first-order valence-corrected chi connectivity index (χ1v) is 10.4. The van der Waals surface area contributed by atoms with Gasteiger partial charge in [-0.3, -0.25) is 14.8 Å². The molecule has 30 heavy (non-hydrogen) atoms. The number of benzene rings is 3. The van der Waals surface area contributed by atoms with Crippen molar-refractivity contribution in [1.29, 1.82) is 0 Å². The number of rotatable bonds is 8. The summed E-state index contributed by atoms with van der Waals surface area (Å²) in [6, 6.07) is 15.3. The van der Waals surface area contributed by atoms with Crippen molar-refractivity contribution < 1.29 is 17.7 Å². The third-order valence-electron chi connectivity index (χ3n) is 4.01. The number of nitrogens with one attached hydrogen (secondary N) is 3. The Morgan fingerprint density at radius 2 is 1.70 bits per heavy atom. The molecule has 0 aliphatic rings. The lowest BCUT2D eigenvalue weighted by atomic mass is 10.2. The van der Waals surface area contributed by atoms with Crippen LogP contribution >= 0.6 is 11.6 Å². The zero-order chi connectivity index (χ0) is 21.7. The molecule has 0 fully saturated rings. The molecule has 0 radical (unpaired) electrons. The second-order valence-electron chi connectivity index (χ2n) is 6.13. The monoisotopic (exact) mass is 450 g/mol. The molecular weight excluding hydrogens is 435 g/mol. The topological polar surface area (TPSA) is 113 Å². The van der Waals surface area contributed by atoms with Gasteiger partial charge in [0, 0.05) is 18.7 Å². The van der Waals surface area contributed by atoms with Crippen molar-refractivity contribution in [3.05, 3.63) is 93.2 Å². The molecule has 0 bridgehead atoms. The van der Waals surface area contributed by atoms with E-state index >= 15 is 0 Å². The lowest BCUT2D eigenvalue weighted by Crippen LogP contribution is -2.24. The van der Waals surface area contributed by atoms with E-state index in [0.717, 1.165) is 11.6 Å². The number of nitrogens with zero attached hydrogens (tertiary/aromatic N) is 1. The van der Waals surface area contributed by atoms with Crippen LogP contribution in [0.15, 0.2) is 71.6 Å². The predicted octanol–water partition coefficient (Wildman–Crippen LogP) is 4.30. The number of sulfonamides is 1. The molecule has 0 atom stereocenters. The van der Waals surface area contributed by atoms with Crippen LogP contribution in [0.4, 0.5) is 21.5 Å². The fraction of sp³-hybridized carbons (Fsp3) is 0.0526. The summed E-state index contributed by atoms with van der Waals surface area (Å²) in [5, 5.41) is 11.3. The number of nitro groups is 1. The highest BCUT2D eigenvalue weighted by Gasteiger charge is 2.23. The first-order chi connectivity index (χ1) is 14.3. The van der Waals surface area contributed by atoms with E-state index in [9.17, 15) is 22.9 Å². The lowest BCUT2D eigenvalue weighted by Gasteiger charge is -2.15. The van der Waals surface area contributed by atoms with Gasteiger partial charge in [-0.2, -0.15) is 0 Å². The summed E-state index contributed by atoms with van der Waals surface area (Å²) in [6.45, 7) is 0.245. The van der Waals surface area contributed by atoms with Gasteiger partial charge in [0.2, 0.25) is 0 Å². The maximum Gasteiger partial charge on any atom is 0.270 e. The van der Waals surface area contributed by atoms with E-state index in [1.54, 1.807) is 24.3 Å². The second kappa shape index (κ2) is 9.08. The van der Waals surface area contributed by atoms with Crippen molar-refractivity contribution in [3.8, 4) is 0 Å². The van der Waals surface area contributed by atoms with E-state index in [1.807, 2.05) is 0 Å². The number of hydrazine groups is 1. The van der Waals surface area contributed by atoms with Crippen molar-refractivity contribution in [2.45, 2.75) is 11.4 Å². The third kappa shape index (κ3) is 5.23. The van der Waals surface area contributed by atoms with E-state index < -0.39 is 20.6 Å². The van der Waals surface area contributed by atoms with Gasteiger partial charge >= 0.3 is 0 Å². The zero-order valence-corrected chi connectivity index (χ0v) is 16.9. The van der Waals surface area contributed by atoms with Crippen LogP contribution in [-0.4, -0.2) is 13.3 Å². The molecule has 8 nitrogen and oxygen atoms in total. The van der Waals surface area contributed by atoms with Crippen molar-refractivity contribution >= 4 is 38.7 Å². The molecule has 3 aromatic carbocycles. The molecule has 0 aliphatic heterocycles. The van der Waals surface area contributed by atoms with E-state index in [1.165, 1.54) is 36.4 Å². The Kier molecular flexibility index (Phi) is 6.50. The van der Waals surface area contributed by atoms with Gasteiger partial charge in [0.25, 0.3) is 15.7 Å². The normalized spacial score (nSPS) is 11.1. The highest BCUT2D eigenvalue weighted by Crippen LogP contribution is 2.30. The maximum atomic E-state index is 13.0. The number of halogens is 2. The number of para-hydroxylation sites is 1. The van der Waals surface area contributed by atoms with E-state index in [4.69, 9.17) is 11.6 Å². The second-order valence-corrected chi connectivity index (χ2v) is 8.19. The number of anilines is 2. The fourth-order valence-electron chi connectivity index (χ4n) is 2.54. The minimum absolute atomic E-state index is 0.0854. The largest absolute Gasteiger partial charge is 0.320 e.